The topological polar surface area (TPSA) is 128 Å². The molecule has 4 N–H and O–H groups in total. The van der Waals surface area contributed by atoms with E-state index in [4.69, 9.17) is 14.6 Å². The Kier molecular flexibility index (Phi) is 2.84. The van der Waals surface area contributed by atoms with Gasteiger partial charge >= 0.3 is 11.9 Å². The monoisotopic (exact) mass is 216 g/mol. The van der Waals surface area contributed by atoms with E-state index in [0.29, 0.717) is 0 Å². The van der Waals surface area contributed by atoms with Crippen LogP contribution in [0.1, 0.15) is 11.5 Å². The first-order valence-corrected chi connectivity index (χ1v) is 3.88. The molecular formula is C8H8O7. The SMILES string of the molecule is O=C(O)Cc1oc(CC(=O)O)c(O)c1O. The zero-order valence-electron chi connectivity index (χ0n) is 7.43. The van der Waals surface area contributed by atoms with Crippen molar-refractivity contribution in [3.8, 4) is 11.5 Å². The number of rotatable bonds is 4. The van der Waals surface area contributed by atoms with Gasteiger partial charge in [0.25, 0.3) is 0 Å². The molecule has 1 heterocycles. The largest absolute Gasteiger partial charge is 0.502 e. The van der Waals surface area contributed by atoms with Crippen LogP contribution in [0.15, 0.2) is 4.42 Å². The van der Waals surface area contributed by atoms with E-state index >= 15 is 0 Å². The van der Waals surface area contributed by atoms with E-state index in [1.165, 1.54) is 0 Å². The Morgan fingerprint density at radius 2 is 1.27 bits per heavy atom. The lowest BCUT2D eigenvalue weighted by Gasteiger charge is -1.90. The third kappa shape index (κ3) is 2.39. The minimum Gasteiger partial charge on any atom is -0.502 e. The molecule has 0 unspecified atom stereocenters. The van der Waals surface area contributed by atoms with Gasteiger partial charge in [0.05, 0.1) is 0 Å². The zero-order chi connectivity index (χ0) is 11.6. The summed E-state index contributed by atoms with van der Waals surface area (Å²) in [5.74, 6) is -4.71. The second-order valence-electron chi connectivity index (χ2n) is 2.79. The molecular weight excluding hydrogens is 208 g/mol. The number of carboxylic acids is 2. The number of aromatic hydroxyl groups is 2. The first-order valence-electron chi connectivity index (χ1n) is 3.88. The van der Waals surface area contributed by atoms with Crippen molar-refractivity contribution in [2.75, 3.05) is 0 Å². The second kappa shape index (κ2) is 3.91. The molecule has 15 heavy (non-hydrogen) atoms. The smallest absolute Gasteiger partial charge is 0.311 e. The van der Waals surface area contributed by atoms with E-state index in [0.717, 1.165) is 0 Å². The highest BCUT2D eigenvalue weighted by Gasteiger charge is 2.22. The fourth-order valence-electron chi connectivity index (χ4n) is 1.02. The molecule has 82 valence electrons. The molecule has 0 amide bonds. The van der Waals surface area contributed by atoms with Gasteiger partial charge in [0.2, 0.25) is 11.5 Å². The van der Waals surface area contributed by atoms with Crippen LogP contribution in [0.25, 0.3) is 0 Å². The summed E-state index contributed by atoms with van der Waals surface area (Å²) in [5, 5.41) is 35.2. The van der Waals surface area contributed by atoms with Crippen molar-refractivity contribution in [1.82, 2.24) is 0 Å². The van der Waals surface area contributed by atoms with Crippen LogP contribution in [0, 0.1) is 0 Å². The summed E-state index contributed by atoms with van der Waals surface area (Å²) in [5.41, 5.74) is 0. The molecule has 1 aromatic heterocycles. The molecule has 0 fully saturated rings. The Balaban J connectivity index is 3.00. The van der Waals surface area contributed by atoms with Crippen molar-refractivity contribution in [2.45, 2.75) is 12.8 Å². The van der Waals surface area contributed by atoms with Gasteiger partial charge in [-0.1, -0.05) is 0 Å². The van der Waals surface area contributed by atoms with Crippen molar-refractivity contribution in [3.05, 3.63) is 11.5 Å². The van der Waals surface area contributed by atoms with Crippen LogP contribution in [-0.4, -0.2) is 32.4 Å². The van der Waals surface area contributed by atoms with Gasteiger partial charge in [-0.15, -0.1) is 0 Å². The molecule has 7 nitrogen and oxygen atoms in total. The maximum atomic E-state index is 10.3. The third-order valence-electron chi connectivity index (χ3n) is 1.62. The predicted octanol–water partition coefficient (Wildman–Crippen LogP) is -0.0550. The van der Waals surface area contributed by atoms with Crippen LogP contribution in [0.5, 0.6) is 11.5 Å². The number of hydrogen-bond acceptors (Lipinski definition) is 5. The van der Waals surface area contributed by atoms with Gasteiger partial charge in [-0.25, -0.2) is 0 Å². The maximum Gasteiger partial charge on any atom is 0.311 e. The fourth-order valence-corrected chi connectivity index (χ4v) is 1.02. The summed E-state index contributed by atoms with van der Waals surface area (Å²) < 4.78 is 4.71. The summed E-state index contributed by atoms with van der Waals surface area (Å²) in [4.78, 5) is 20.6. The first kappa shape index (κ1) is 10.9. The standard InChI is InChI=1S/C8H8O7/c9-5(10)1-3-7(13)8(14)4(15-3)2-6(11)12/h13-14H,1-2H2,(H,9,10)(H,11,12). The summed E-state index contributed by atoms with van der Waals surface area (Å²) in [7, 11) is 0. The number of carbonyl (C=O) groups is 2. The Bertz CT molecular complexity index is 367. The molecule has 0 saturated carbocycles. The van der Waals surface area contributed by atoms with Gasteiger partial charge in [0.1, 0.15) is 12.8 Å². The van der Waals surface area contributed by atoms with E-state index < -0.39 is 36.3 Å². The molecule has 0 spiro atoms. The summed E-state index contributed by atoms with van der Waals surface area (Å²) in [6, 6.07) is 0. The predicted molar refractivity (Wildman–Crippen MR) is 44.7 cm³/mol. The summed E-state index contributed by atoms with van der Waals surface area (Å²) in [6.45, 7) is 0. The number of carboxylic acid groups (broad SMARTS) is 2. The lowest BCUT2D eigenvalue weighted by molar-refractivity contribution is -0.137. The highest BCUT2D eigenvalue weighted by Crippen LogP contribution is 2.36. The van der Waals surface area contributed by atoms with Crippen molar-refractivity contribution < 1.29 is 34.4 Å². The Labute approximate surface area is 83.2 Å². The van der Waals surface area contributed by atoms with Gasteiger partial charge in [-0.3, -0.25) is 9.59 Å². The van der Waals surface area contributed by atoms with Crippen molar-refractivity contribution in [1.29, 1.82) is 0 Å². The zero-order valence-corrected chi connectivity index (χ0v) is 7.43. The number of furan rings is 1. The molecule has 0 aliphatic carbocycles. The Hall–Kier alpha value is -2.18. The van der Waals surface area contributed by atoms with Crippen molar-refractivity contribution in [3.63, 3.8) is 0 Å². The molecule has 0 atom stereocenters. The van der Waals surface area contributed by atoms with Crippen LogP contribution in [0.2, 0.25) is 0 Å². The number of hydrogen-bond donors (Lipinski definition) is 4. The molecule has 1 aromatic rings. The summed E-state index contributed by atoms with van der Waals surface area (Å²) in [6.07, 6.45) is -1.25. The minimum atomic E-state index is -1.26. The lowest BCUT2D eigenvalue weighted by atomic mass is 10.2. The Morgan fingerprint density at radius 1 is 0.933 bits per heavy atom. The highest BCUT2D eigenvalue weighted by molar-refractivity contribution is 5.73. The average Bonchev–Trinajstić information content (AvgIpc) is 2.32. The van der Waals surface area contributed by atoms with Crippen LogP contribution in [-0.2, 0) is 22.4 Å². The Morgan fingerprint density at radius 3 is 1.53 bits per heavy atom. The molecule has 7 heteroatoms. The normalized spacial score (nSPS) is 10.1. The van der Waals surface area contributed by atoms with Crippen molar-refractivity contribution >= 4 is 11.9 Å². The van der Waals surface area contributed by atoms with Crippen molar-refractivity contribution in [2.24, 2.45) is 0 Å². The number of aliphatic carboxylic acids is 2. The molecule has 0 saturated heterocycles. The van der Waals surface area contributed by atoms with Crippen LogP contribution in [0.3, 0.4) is 0 Å². The first-order chi connectivity index (χ1) is 6.91. The molecule has 0 aliphatic heterocycles. The molecule has 0 radical (unpaired) electrons. The molecule has 0 bridgehead atoms. The molecule has 1 rings (SSSR count). The minimum absolute atomic E-state index is 0.365. The van der Waals surface area contributed by atoms with Gasteiger partial charge in [0, 0.05) is 0 Å². The van der Waals surface area contributed by atoms with Gasteiger partial charge in [-0.05, 0) is 0 Å². The van der Waals surface area contributed by atoms with E-state index in [-0.39, 0.29) is 11.5 Å². The lowest BCUT2D eigenvalue weighted by Crippen LogP contribution is -2.00. The summed E-state index contributed by atoms with van der Waals surface area (Å²) >= 11 is 0. The van der Waals surface area contributed by atoms with E-state index in [1.807, 2.05) is 0 Å². The van der Waals surface area contributed by atoms with E-state index in [1.54, 1.807) is 0 Å². The van der Waals surface area contributed by atoms with Gasteiger partial charge < -0.3 is 24.8 Å². The van der Waals surface area contributed by atoms with Crippen LogP contribution >= 0.6 is 0 Å². The van der Waals surface area contributed by atoms with Crippen LogP contribution in [0.4, 0.5) is 0 Å². The fraction of sp³-hybridized carbons (Fsp3) is 0.250. The van der Waals surface area contributed by atoms with Gasteiger partial charge in [0.15, 0.2) is 11.5 Å². The maximum absolute atomic E-state index is 10.3. The third-order valence-corrected chi connectivity index (χ3v) is 1.62. The van der Waals surface area contributed by atoms with E-state index in [2.05, 4.69) is 0 Å². The molecule has 0 aliphatic rings. The van der Waals surface area contributed by atoms with E-state index in [9.17, 15) is 19.8 Å². The highest BCUT2D eigenvalue weighted by atomic mass is 16.4. The van der Waals surface area contributed by atoms with Crippen LogP contribution < -0.4 is 0 Å². The quantitative estimate of drug-likeness (QED) is 0.555. The molecule has 0 aromatic carbocycles. The average molecular weight is 216 g/mol. The van der Waals surface area contributed by atoms with Gasteiger partial charge in [-0.2, -0.15) is 0 Å². The second-order valence-corrected chi connectivity index (χ2v) is 2.79.